The van der Waals surface area contributed by atoms with E-state index in [-0.39, 0.29) is 4.90 Å². The standard InChI is InChI=1S/C14H22O4S/c1-4-11(2)6-5-9-18-13-8-7-12(3)14(10-13)19(15,16)17/h7-8,10-11H,4-6,9H2,1-3H3,(H,15,16,17)/t11-/m0/s1. The zero-order valence-electron chi connectivity index (χ0n) is 11.7. The number of aryl methyl sites for hydroxylation is 1. The number of rotatable bonds is 7. The fourth-order valence-electron chi connectivity index (χ4n) is 1.77. The molecule has 0 heterocycles. The quantitative estimate of drug-likeness (QED) is 0.616. The lowest BCUT2D eigenvalue weighted by Crippen LogP contribution is -2.04. The largest absolute Gasteiger partial charge is 0.494 e. The minimum absolute atomic E-state index is 0.0908. The predicted octanol–water partition coefficient (Wildman–Crippen LogP) is 3.45. The molecule has 0 fully saturated rings. The minimum atomic E-state index is -4.18. The molecule has 1 aromatic rings. The molecule has 0 aliphatic rings. The van der Waals surface area contributed by atoms with Gasteiger partial charge >= 0.3 is 0 Å². The van der Waals surface area contributed by atoms with Gasteiger partial charge in [-0.25, -0.2) is 0 Å². The molecule has 0 aliphatic carbocycles. The highest BCUT2D eigenvalue weighted by atomic mass is 32.2. The normalized spacial score (nSPS) is 13.3. The lowest BCUT2D eigenvalue weighted by Gasteiger charge is -2.11. The van der Waals surface area contributed by atoms with E-state index in [4.69, 9.17) is 9.29 Å². The zero-order valence-corrected chi connectivity index (χ0v) is 12.5. The highest BCUT2D eigenvalue weighted by Crippen LogP contribution is 2.22. The van der Waals surface area contributed by atoms with Gasteiger partial charge in [0.15, 0.2) is 0 Å². The van der Waals surface area contributed by atoms with Gasteiger partial charge in [0.05, 0.1) is 6.61 Å². The summed E-state index contributed by atoms with van der Waals surface area (Å²) < 4.78 is 36.9. The Balaban J connectivity index is 2.61. The van der Waals surface area contributed by atoms with E-state index in [1.165, 1.54) is 6.07 Å². The van der Waals surface area contributed by atoms with Crippen molar-refractivity contribution in [1.29, 1.82) is 0 Å². The van der Waals surface area contributed by atoms with Crippen molar-refractivity contribution in [1.82, 2.24) is 0 Å². The molecule has 0 radical (unpaired) electrons. The molecule has 0 amide bonds. The predicted molar refractivity (Wildman–Crippen MR) is 75.2 cm³/mol. The summed E-state index contributed by atoms with van der Waals surface area (Å²) >= 11 is 0. The van der Waals surface area contributed by atoms with Crippen LogP contribution < -0.4 is 4.74 Å². The van der Waals surface area contributed by atoms with E-state index in [0.717, 1.165) is 19.3 Å². The second-order valence-electron chi connectivity index (χ2n) is 4.91. The smallest absolute Gasteiger partial charge is 0.294 e. The highest BCUT2D eigenvalue weighted by Gasteiger charge is 2.14. The van der Waals surface area contributed by atoms with Crippen molar-refractivity contribution >= 4 is 10.1 Å². The molecule has 1 rings (SSSR count). The molecular weight excluding hydrogens is 264 g/mol. The van der Waals surface area contributed by atoms with Crippen LogP contribution in [0, 0.1) is 12.8 Å². The zero-order chi connectivity index (χ0) is 14.5. The maximum atomic E-state index is 11.2. The first-order valence-corrected chi connectivity index (χ1v) is 7.99. The van der Waals surface area contributed by atoms with Gasteiger partial charge in [-0.3, -0.25) is 4.55 Å². The molecule has 4 nitrogen and oxygen atoms in total. The fraction of sp³-hybridized carbons (Fsp3) is 0.571. The molecule has 0 unspecified atom stereocenters. The Kier molecular flexibility index (Phi) is 5.82. The molecule has 0 bridgehead atoms. The molecule has 0 aliphatic heterocycles. The van der Waals surface area contributed by atoms with Gasteiger partial charge in [-0.1, -0.05) is 26.3 Å². The third-order valence-corrected chi connectivity index (χ3v) is 4.24. The summed E-state index contributed by atoms with van der Waals surface area (Å²) in [5.41, 5.74) is 0.509. The minimum Gasteiger partial charge on any atom is -0.494 e. The summed E-state index contributed by atoms with van der Waals surface area (Å²) in [5, 5.41) is 0. The number of benzene rings is 1. The van der Waals surface area contributed by atoms with Gasteiger partial charge in [-0.05, 0) is 37.3 Å². The van der Waals surface area contributed by atoms with Crippen molar-refractivity contribution in [3.05, 3.63) is 23.8 Å². The van der Waals surface area contributed by atoms with Crippen LogP contribution in [-0.4, -0.2) is 19.6 Å². The van der Waals surface area contributed by atoms with E-state index in [0.29, 0.717) is 23.8 Å². The van der Waals surface area contributed by atoms with E-state index in [2.05, 4.69) is 13.8 Å². The maximum Gasteiger partial charge on any atom is 0.294 e. The molecule has 108 valence electrons. The highest BCUT2D eigenvalue weighted by molar-refractivity contribution is 7.85. The van der Waals surface area contributed by atoms with Crippen LogP contribution in [0.1, 0.15) is 38.7 Å². The van der Waals surface area contributed by atoms with Gasteiger partial charge in [-0.15, -0.1) is 0 Å². The Morgan fingerprint density at radius 3 is 2.63 bits per heavy atom. The molecule has 5 heteroatoms. The van der Waals surface area contributed by atoms with Gasteiger partial charge in [-0.2, -0.15) is 8.42 Å². The van der Waals surface area contributed by atoms with Crippen LogP contribution in [0.25, 0.3) is 0 Å². The Labute approximate surface area is 115 Å². The monoisotopic (exact) mass is 286 g/mol. The average Bonchev–Trinajstić information content (AvgIpc) is 2.34. The van der Waals surface area contributed by atoms with Gasteiger partial charge in [0.1, 0.15) is 10.6 Å². The summed E-state index contributed by atoms with van der Waals surface area (Å²) in [4.78, 5) is -0.0908. The van der Waals surface area contributed by atoms with E-state index < -0.39 is 10.1 Å². The van der Waals surface area contributed by atoms with Crippen LogP contribution in [0.3, 0.4) is 0 Å². The van der Waals surface area contributed by atoms with Crippen molar-refractivity contribution in [2.75, 3.05) is 6.61 Å². The van der Waals surface area contributed by atoms with Crippen LogP contribution in [0.4, 0.5) is 0 Å². The van der Waals surface area contributed by atoms with Crippen molar-refractivity contribution in [2.24, 2.45) is 5.92 Å². The molecule has 19 heavy (non-hydrogen) atoms. The van der Waals surface area contributed by atoms with Crippen LogP contribution >= 0.6 is 0 Å². The summed E-state index contributed by atoms with van der Waals surface area (Å²) in [6.45, 7) is 6.54. The van der Waals surface area contributed by atoms with Crippen LogP contribution in [0.5, 0.6) is 5.75 Å². The first-order valence-electron chi connectivity index (χ1n) is 6.55. The Hall–Kier alpha value is -1.07. The van der Waals surface area contributed by atoms with Crippen molar-refractivity contribution in [2.45, 2.75) is 44.9 Å². The molecule has 0 saturated carbocycles. The first-order chi connectivity index (χ1) is 8.84. The van der Waals surface area contributed by atoms with Crippen molar-refractivity contribution in [3.8, 4) is 5.75 Å². The SMILES string of the molecule is CC[C@H](C)CCCOc1ccc(C)c(S(=O)(=O)O)c1. The number of hydrogen-bond donors (Lipinski definition) is 1. The molecule has 0 aromatic heterocycles. The van der Waals surface area contributed by atoms with E-state index in [9.17, 15) is 8.42 Å². The number of ether oxygens (including phenoxy) is 1. The van der Waals surface area contributed by atoms with Gasteiger partial charge < -0.3 is 4.74 Å². The van der Waals surface area contributed by atoms with Gasteiger partial charge in [0, 0.05) is 6.07 Å². The Morgan fingerprint density at radius 1 is 1.37 bits per heavy atom. The van der Waals surface area contributed by atoms with E-state index in [1.54, 1.807) is 19.1 Å². The maximum absolute atomic E-state index is 11.2. The topological polar surface area (TPSA) is 63.6 Å². The van der Waals surface area contributed by atoms with E-state index in [1.807, 2.05) is 0 Å². The molecule has 1 N–H and O–H groups in total. The Morgan fingerprint density at radius 2 is 2.05 bits per heavy atom. The summed E-state index contributed by atoms with van der Waals surface area (Å²) in [6, 6.07) is 4.72. The summed E-state index contributed by atoms with van der Waals surface area (Å²) in [6.07, 6.45) is 3.18. The lowest BCUT2D eigenvalue weighted by atomic mass is 10.0. The summed E-state index contributed by atoms with van der Waals surface area (Å²) in [5.74, 6) is 1.15. The molecule has 0 spiro atoms. The lowest BCUT2D eigenvalue weighted by molar-refractivity contribution is 0.293. The molecule has 1 atom stereocenters. The van der Waals surface area contributed by atoms with E-state index >= 15 is 0 Å². The van der Waals surface area contributed by atoms with Crippen LogP contribution in [0.2, 0.25) is 0 Å². The molecular formula is C14H22O4S. The second kappa shape index (κ2) is 6.91. The average molecular weight is 286 g/mol. The third-order valence-electron chi connectivity index (χ3n) is 3.24. The second-order valence-corrected chi connectivity index (χ2v) is 6.30. The third kappa shape index (κ3) is 5.20. The number of hydrogen-bond acceptors (Lipinski definition) is 3. The van der Waals surface area contributed by atoms with Crippen LogP contribution in [-0.2, 0) is 10.1 Å². The van der Waals surface area contributed by atoms with Gasteiger partial charge in [0.2, 0.25) is 0 Å². The molecule has 0 saturated heterocycles. The first kappa shape index (κ1) is 16.0. The van der Waals surface area contributed by atoms with Crippen molar-refractivity contribution < 1.29 is 17.7 Å². The van der Waals surface area contributed by atoms with Gasteiger partial charge in [0.25, 0.3) is 10.1 Å². The molecule has 1 aromatic carbocycles. The fourth-order valence-corrected chi connectivity index (χ4v) is 2.51. The van der Waals surface area contributed by atoms with Crippen molar-refractivity contribution in [3.63, 3.8) is 0 Å². The Bertz CT molecular complexity index is 508. The summed E-state index contributed by atoms with van der Waals surface area (Å²) in [7, 11) is -4.18. The van der Waals surface area contributed by atoms with Crippen LogP contribution in [0.15, 0.2) is 23.1 Å².